The fourth-order valence-electron chi connectivity index (χ4n) is 5.74. The first-order chi connectivity index (χ1) is 19.5. The van der Waals surface area contributed by atoms with Crippen LogP contribution in [0.25, 0.3) is 0 Å². The Morgan fingerprint density at radius 1 is 1.00 bits per heavy atom. The Hall–Kier alpha value is -3.92. The van der Waals surface area contributed by atoms with Crippen molar-refractivity contribution >= 4 is 24.2 Å². The molecule has 2 aromatic rings. The van der Waals surface area contributed by atoms with Crippen LogP contribution in [-0.2, 0) is 19.9 Å². The van der Waals surface area contributed by atoms with Gasteiger partial charge < -0.3 is 29.8 Å². The number of ether oxygens (including phenoxy) is 2. The highest BCUT2D eigenvalue weighted by Crippen LogP contribution is 2.34. The highest BCUT2D eigenvalue weighted by atomic mass is 16.6. The van der Waals surface area contributed by atoms with E-state index in [0.29, 0.717) is 36.9 Å². The smallest absolute Gasteiger partial charge is 0.408 e. The molecule has 10 nitrogen and oxygen atoms in total. The Morgan fingerprint density at radius 2 is 1.73 bits per heavy atom. The summed E-state index contributed by atoms with van der Waals surface area (Å²) in [6.45, 7) is 4.11. The van der Waals surface area contributed by atoms with Crippen LogP contribution >= 0.6 is 0 Å². The highest BCUT2D eigenvalue weighted by molar-refractivity contribution is 5.95. The van der Waals surface area contributed by atoms with E-state index >= 15 is 0 Å². The zero-order valence-electron chi connectivity index (χ0n) is 22.6. The summed E-state index contributed by atoms with van der Waals surface area (Å²) in [7, 11) is 0. The fraction of sp³-hybridized carbons (Fsp3) is 0.467. The van der Waals surface area contributed by atoms with Crippen molar-refractivity contribution in [3.63, 3.8) is 0 Å². The lowest BCUT2D eigenvalue weighted by atomic mass is 9.82. The Morgan fingerprint density at radius 3 is 2.38 bits per heavy atom. The number of nitrogens with one attached hydrogen (secondary N) is 2. The molecular weight excluding hydrogens is 512 g/mol. The molecule has 0 unspecified atom stereocenters. The van der Waals surface area contributed by atoms with E-state index in [9.17, 15) is 19.2 Å². The van der Waals surface area contributed by atoms with Crippen LogP contribution in [0.2, 0.25) is 0 Å². The Bertz CT molecular complexity index is 1190. The molecule has 0 saturated carbocycles. The fourth-order valence-corrected chi connectivity index (χ4v) is 5.74. The first-order valence-corrected chi connectivity index (χ1v) is 13.9. The largest absolute Gasteiger partial charge is 0.493 e. The van der Waals surface area contributed by atoms with Gasteiger partial charge in [-0.3, -0.25) is 14.5 Å². The van der Waals surface area contributed by atoms with E-state index in [1.54, 1.807) is 29.2 Å². The second-order valence-corrected chi connectivity index (χ2v) is 10.7. The molecule has 0 aromatic heterocycles. The minimum absolute atomic E-state index is 0.0919. The molecule has 4 heterocycles. The number of nitrogens with zero attached hydrogens (tertiary/aromatic N) is 2. The zero-order chi connectivity index (χ0) is 28.0. The third kappa shape index (κ3) is 6.44. The number of benzene rings is 2. The standard InChI is InChI=1S/C30H36N4O6/c35-17-4-14-31-27(36)13-18-39-25-9-7-23(8-10-25)28(37)34-20-30(21-34,24-5-2-1-3-6-24)32-29(38)40-26-19-33-15-11-22(26)12-16-33/h1-3,5-10,17,22,26H,4,11-16,18-21H2,(H,31,36)(H,32,38)/t26-/m0/s1. The number of aldehydes is 1. The quantitative estimate of drug-likeness (QED) is 0.327. The van der Waals surface area contributed by atoms with Crippen LogP contribution in [0.1, 0.15) is 41.6 Å². The minimum Gasteiger partial charge on any atom is -0.493 e. The zero-order valence-corrected chi connectivity index (χ0v) is 22.6. The maximum atomic E-state index is 13.2. The van der Waals surface area contributed by atoms with Crippen LogP contribution in [-0.4, -0.2) is 86.0 Å². The van der Waals surface area contributed by atoms with E-state index in [0.717, 1.165) is 44.3 Å². The maximum Gasteiger partial charge on any atom is 0.408 e. The van der Waals surface area contributed by atoms with Gasteiger partial charge in [-0.2, -0.15) is 0 Å². The lowest BCUT2D eigenvalue weighted by Crippen LogP contribution is -2.69. The molecule has 4 fully saturated rings. The average molecular weight is 549 g/mol. The number of hydrogen-bond acceptors (Lipinski definition) is 7. The minimum atomic E-state index is -0.711. The molecule has 0 spiro atoms. The number of amides is 3. The molecule has 4 aliphatic heterocycles. The number of fused-ring (bicyclic) bond motifs is 3. The van der Waals surface area contributed by atoms with Crippen molar-refractivity contribution in [2.45, 2.75) is 37.3 Å². The molecule has 212 valence electrons. The monoisotopic (exact) mass is 548 g/mol. The summed E-state index contributed by atoms with van der Waals surface area (Å²) in [5, 5.41) is 5.74. The number of likely N-dealkylation sites (tertiary alicyclic amines) is 1. The Kier molecular flexibility index (Phi) is 8.64. The van der Waals surface area contributed by atoms with E-state index in [4.69, 9.17) is 9.47 Å². The van der Waals surface area contributed by atoms with Gasteiger partial charge in [0.25, 0.3) is 5.91 Å². The predicted molar refractivity (Wildman–Crippen MR) is 147 cm³/mol. The summed E-state index contributed by atoms with van der Waals surface area (Å²) in [5.74, 6) is 0.645. The van der Waals surface area contributed by atoms with Crippen molar-refractivity contribution in [1.29, 1.82) is 0 Å². The SMILES string of the molecule is O=CCCNC(=O)CCOc1ccc(C(=O)N2CC(NC(=O)O[C@H]3CN4CCC3CC4)(c3ccccc3)C2)cc1. The molecule has 10 heteroatoms. The van der Waals surface area contributed by atoms with Gasteiger partial charge in [-0.1, -0.05) is 30.3 Å². The van der Waals surface area contributed by atoms with Crippen LogP contribution in [0.15, 0.2) is 54.6 Å². The van der Waals surface area contributed by atoms with Crippen molar-refractivity contribution in [2.75, 3.05) is 45.9 Å². The lowest BCUT2D eigenvalue weighted by Gasteiger charge is -2.51. The molecule has 1 atom stereocenters. The third-order valence-electron chi connectivity index (χ3n) is 8.01. The first-order valence-electron chi connectivity index (χ1n) is 13.9. The third-order valence-corrected chi connectivity index (χ3v) is 8.01. The van der Waals surface area contributed by atoms with Crippen molar-refractivity contribution in [3.8, 4) is 5.75 Å². The summed E-state index contributed by atoms with van der Waals surface area (Å²) in [6, 6.07) is 16.5. The van der Waals surface area contributed by atoms with Crippen LogP contribution in [0.4, 0.5) is 4.79 Å². The van der Waals surface area contributed by atoms with Gasteiger partial charge in [-0.15, -0.1) is 0 Å². The van der Waals surface area contributed by atoms with Crippen molar-refractivity contribution < 1.29 is 28.7 Å². The Labute approximate surface area is 234 Å². The molecule has 0 aliphatic carbocycles. The second-order valence-electron chi connectivity index (χ2n) is 10.7. The molecule has 4 saturated heterocycles. The molecular formula is C30H36N4O6. The van der Waals surface area contributed by atoms with Gasteiger partial charge in [-0.25, -0.2) is 4.79 Å². The first kappa shape index (κ1) is 27.6. The maximum absolute atomic E-state index is 13.2. The van der Waals surface area contributed by atoms with Crippen LogP contribution < -0.4 is 15.4 Å². The van der Waals surface area contributed by atoms with Crippen molar-refractivity contribution in [3.05, 3.63) is 65.7 Å². The van der Waals surface area contributed by atoms with E-state index in [2.05, 4.69) is 15.5 Å². The van der Waals surface area contributed by atoms with Crippen molar-refractivity contribution in [1.82, 2.24) is 20.4 Å². The summed E-state index contributed by atoms with van der Waals surface area (Å²) < 4.78 is 11.5. The molecule has 0 radical (unpaired) electrons. The van der Waals surface area contributed by atoms with Gasteiger partial charge in [0.1, 0.15) is 23.7 Å². The topological polar surface area (TPSA) is 117 Å². The average Bonchev–Trinajstić information content (AvgIpc) is 2.96. The van der Waals surface area contributed by atoms with Crippen LogP contribution in [0, 0.1) is 5.92 Å². The molecule has 2 aromatic carbocycles. The number of carbonyl (C=O) groups excluding carboxylic acids is 4. The number of alkyl carbamates (subject to hydrolysis) is 1. The van der Waals surface area contributed by atoms with Gasteiger partial charge >= 0.3 is 6.09 Å². The summed E-state index contributed by atoms with van der Waals surface area (Å²) in [6.07, 6.45) is 2.80. The summed E-state index contributed by atoms with van der Waals surface area (Å²) in [4.78, 5) is 52.4. The van der Waals surface area contributed by atoms with Gasteiger partial charge in [0.05, 0.1) is 26.1 Å². The van der Waals surface area contributed by atoms with E-state index < -0.39 is 11.6 Å². The van der Waals surface area contributed by atoms with Crippen molar-refractivity contribution in [2.24, 2.45) is 5.92 Å². The van der Waals surface area contributed by atoms with E-state index in [1.165, 1.54) is 0 Å². The lowest BCUT2D eigenvalue weighted by molar-refractivity contribution is -0.121. The number of carbonyl (C=O) groups is 4. The van der Waals surface area contributed by atoms with Gasteiger partial charge in [0, 0.05) is 25.1 Å². The van der Waals surface area contributed by atoms with Crippen LogP contribution in [0.3, 0.4) is 0 Å². The normalized spacial score (nSPS) is 22.5. The van der Waals surface area contributed by atoms with Crippen LogP contribution in [0.5, 0.6) is 5.75 Å². The van der Waals surface area contributed by atoms with Gasteiger partial charge in [0.2, 0.25) is 5.91 Å². The molecule has 4 aliphatic rings. The van der Waals surface area contributed by atoms with Gasteiger partial charge in [-0.05, 0) is 61.7 Å². The number of piperidine rings is 3. The van der Waals surface area contributed by atoms with E-state index in [-0.39, 0.29) is 37.4 Å². The molecule has 2 N–H and O–H groups in total. The molecule has 40 heavy (non-hydrogen) atoms. The number of hydrogen-bond donors (Lipinski definition) is 2. The summed E-state index contributed by atoms with van der Waals surface area (Å²) in [5.41, 5.74) is 0.733. The van der Waals surface area contributed by atoms with E-state index in [1.807, 2.05) is 30.3 Å². The predicted octanol–water partition coefficient (Wildman–Crippen LogP) is 2.33. The second kappa shape index (κ2) is 12.5. The molecule has 2 bridgehead atoms. The molecule has 6 rings (SSSR count). The Balaban J connectivity index is 1.15. The number of rotatable bonds is 11. The highest BCUT2D eigenvalue weighted by Gasteiger charge is 2.49. The van der Waals surface area contributed by atoms with Gasteiger partial charge in [0.15, 0.2) is 0 Å². The summed E-state index contributed by atoms with van der Waals surface area (Å²) >= 11 is 0. The molecule has 3 amide bonds.